The Balaban J connectivity index is -0.000000153. The van der Waals surface area contributed by atoms with Gasteiger partial charge in [-0.2, -0.15) is 8.78 Å². The maximum Gasteiger partial charge on any atom is 1.00 e. The Morgan fingerprint density at radius 3 is 1.62 bits per heavy atom. The second kappa shape index (κ2) is 31.3. The molecule has 0 bridgehead atoms. The van der Waals surface area contributed by atoms with E-state index in [0.29, 0.717) is 53.0 Å². The van der Waals surface area contributed by atoms with Crippen molar-refractivity contribution >= 4 is 44.7 Å². The predicted octanol–water partition coefficient (Wildman–Crippen LogP) is 8.41. The van der Waals surface area contributed by atoms with Crippen molar-refractivity contribution < 1.29 is 86.3 Å². The number of carbonyl (C=O) groups excluding carboxylic acids is 3. The van der Waals surface area contributed by atoms with Crippen LogP contribution in [0.5, 0.6) is 0 Å². The standard InChI is InChI=1S/C14H32O3Si2.C11H22O4.C8H14F2O5S.2CH4.Ag/c1-9-14(2,3)13(15)16-11-10-12-19(7,8)17-18(4,5)6;1-4-10(3)11(12)15-9-8-14-7-6-13-5-2;1-4-5(2)7(11)15-6(3)8(9,10)16(12,13)14;;;/h9-12H2,1-8H3;10H,4-9H2,1-3H3;5-6H,4H2,1-3H3,(H,12,13,14);2*1H4;/q;;;;;+1/p-1. The van der Waals surface area contributed by atoms with Crippen LogP contribution < -0.4 is 0 Å². The molecule has 3 unspecified atom stereocenters. The van der Waals surface area contributed by atoms with Crippen molar-refractivity contribution in [2.45, 2.75) is 153 Å². The van der Waals surface area contributed by atoms with E-state index in [-0.39, 0.29) is 60.5 Å². The van der Waals surface area contributed by atoms with Crippen LogP contribution in [0.2, 0.25) is 38.8 Å². The Hall–Kier alpha value is -0.766. The van der Waals surface area contributed by atoms with Gasteiger partial charge in [0.1, 0.15) is 6.61 Å². The number of ether oxygens (including phenoxy) is 5. The van der Waals surface area contributed by atoms with Gasteiger partial charge in [-0.05, 0) is 92.2 Å². The largest absolute Gasteiger partial charge is 1.00 e. The van der Waals surface area contributed by atoms with Crippen LogP contribution in [0.25, 0.3) is 0 Å². The van der Waals surface area contributed by atoms with Gasteiger partial charge in [-0.1, -0.05) is 49.5 Å². The van der Waals surface area contributed by atoms with Crippen LogP contribution in [0.4, 0.5) is 8.78 Å². The van der Waals surface area contributed by atoms with Gasteiger partial charge in [0.15, 0.2) is 32.9 Å². The molecule has 0 spiro atoms. The number of carbonyl (C=O) groups is 3. The summed E-state index contributed by atoms with van der Waals surface area (Å²) in [6, 6.07) is 1.05. The van der Waals surface area contributed by atoms with Gasteiger partial charge in [0.2, 0.25) is 0 Å². The summed E-state index contributed by atoms with van der Waals surface area (Å²) in [6.45, 7) is 29.7. The van der Waals surface area contributed by atoms with E-state index in [1.807, 2.05) is 41.5 Å². The average Bonchev–Trinajstić information content (AvgIpc) is 3.00. The van der Waals surface area contributed by atoms with Crippen molar-refractivity contribution in [2.24, 2.45) is 17.3 Å². The SMILES string of the molecule is C.C.CCC(C)(C)C(=O)OCCC[Si](C)(C)O[Si](C)(C)C.CCC(C)C(=O)OC(C)C(F)(F)S(=O)(=O)[O-].CCOCCOCCOC(=O)C(C)CC.[Ag+]. The summed E-state index contributed by atoms with van der Waals surface area (Å²) >= 11 is 0. The molecule has 0 aromatic carbocycles. The van der Waals surface area contributed by atoms with Gasteiger partial charge in [0, 0.05) is 6.61 Å². The van der Waals surface area contributed by atoms with E-state index < -0.39 is 50.0 Å². The maximum absolute atomic E-state index is 12.9. The first-order chi connectivity index (χ1) is 22.7. The smallest absolute Gasteiger partial charge is 0.743 e. The number of hydrogen-bond donors (Lipinski definition) is 0. The van der Waals surface area contributed by atoms with Gasteiger partial charge in [-0.15, -0.1) is 0 Å². The molecule has 0 aliphatic carbocycles. The van der Waals surface area contributed by atoms with Gasteiger partial charge >= 0.3 is 45.5 Å². The van der Waals surface area contributed by atoms with Crippen LogP contribution >= 0.6 is 0 Å². The van der Waals surface area contributed by atoms with Crippen molar-refractivity contribution in [1.82, 2.24) is 0 Å². The maximum atomic E-state index is 12.9. The molecule has 0 aromatic heterocycles. The van der Waals surface area contributed by atoms with Crippen molar-refractivity contribution in [2.75, 3.05) is 39.6 Å². The third-order valence-electron chi connectivity index (χ3n) is 7.35. The summed E-state index contributed by atoms with van der Waals surface area (Å²) in [6.07, 6.45) is 0.599. The van der Waals surface area contributed by atoms with Crippen molar-refractivity contribution in [3.05, 3.63) is 0 Å². The summed E-state index contributed by atoms with van der Waals surface area (Å²) in [5.74, 6) is -1.84. The van der Waals surface area contributed by atoms with E-state index in [2.05, 4.69) is 37.5 Å². The molecular weight excluding hydrogens is 846 g/mol. The Morgan fingerprint density at radius 2 is 1.21 bits per heavy atom. The second-order valence-corrected chi connectivity index (χ2v) is 24.7. The van der Waals surface area contributed by atoms with Crippen LogP contribution in [-0.4, -0.2) is 98.5 Å². The third kappa shape index (κ3) is 32.1. The van der Waals surface area contributed by atoms with Crippen LogP contribution in [0.1, 0.15) is 103 Å². The Kier molecular flexibility index (Phi) is 37.9. The molecule has 0 N–H and O–H groups in total. The first kappa shape index (κ1) is 64.1. The molecule has 0 aliphatic heterocycles. The Bertz CT molecular complexity index is 1080. The average molecular weight is 922 g/mol. The number of halogens is 2. The molecule has 12 nitrogen and oxygen atoms in total. The van der Waals surface area contributed by atoms with Crippen LogP contribution in [0, 0.1) is 17.3 Å². The molecule has 0 fully saturated rings. The van der Waals surface area contributed by atoms with E-state index >= 15 is 0 Å². The molecule has 53 heavy (non-hydrogen) atoms. The third-order valence-corrected chi connectivity index (χ3v) is 14.6. The van der Waals surface area contributed by atoms with Crippen LogP contribution in [0.15, 0.2) is 0 Å². The molecule has 0 saturated carbocycles. The number of rotatable bonds is 22. The topological polar surface area (TPSA) is 164 Å². The zero-order valence-electron chi connectivity index (χ0n) is 33.4. The molecule has 0 heterocycles. The summed E-state index contributed by atoms with van der Waals surface area (Å²) in [4.78, 5) is 34.1. The van der Waals surface area contributed by atoms with Crippen molar-refractivity contribution in [3.8, 4) is 0 Å². The number of alkyl halides is 2. The van der Waals surface area contributed by atoms with Crippen LogP contribution in [-0.2, 0) is 74.7 Å². The van der Waals surface area contributed by atoms with Crippen LogP contribution in [0.3, 0.4) is 0 Å². The summed E-state index contributed by atoms with van der Waals surface area (Å²) in [5.41, 5.74) is -0.359. The minimum absolute atomic E-state index is 0. The van der Waals surface area contributed by atoms with Gasteiger partial charge in [-0.25, -0.2) is 8.42 Å². The van der Waals surface area contributed by atoms with E-state index in [9.17, 15) is 36.1 Å². The van der Waals surface area contributed by atoms with E-state index in [1.54, 1.807) is 6.92 Å². The number of esters is 3. The first-order valence-electron chi connectivity index (χ1n) is 17.4. The quantitative estimate of drug-likeness (QED) is 0.0336. The van der Waals surface area contributed by atoms with Gasteiger partial charge < -0.3 is 32.4 Å². The monoisotopic (exact) mass is 920 g/mol. The molecule has 0 amide bonds. The molecular formula is C35H75AgF2O12SSi2. The van der Waals surface area contributed by atoms with Crippen molar-refractivity contribution in [1.29, 1.82) is 0 Å². The van der Waals surface area contributed by atoms with Crippen molar-refractivity contribution in [3.63, 3.8) is 0 Å². The molecule has 326 valence electrons. The molecule has 18 heteroatoms. The summed E-state index contributed by atoms with van der Waals surface area (Å²) < 4.78 is 87.5. The van der Waals surface area contributed by atoms with Gasteiger partial charge in [-0.3, -0.25) is 14.4 Å². The van der Waals surface area contributed by atoms with Gasteiger partial charge in [0.05, 0.1) is 43.7 Å². The Labute approximate surface area is 339 Å². The minimum Gasteiger partial charge on any atom is -0.743 e. The second-order valence-electron chi connectivity index (χ2n) is 14.1. The normalized spacial score (nSPS) is 13.4. The molecule has 0 aromatic rings. The molecule has 0 saturated heterocycles. The predicted molar refractivity (Wildman–Crippen MR) is 207 cm³/mol. The fraction of sp³-hybridized carbons (Fsp3) is 0.914. The molecule has 0 radical (unpaired) electrons. The molecule has 3 atom stereocenters. The first-order valence-corrected chi connectivity index (χ1v) is 25.3. The molecule has 0 aliphatic rings. The Morgan fingerprint density at radius 1 is 0.755 bits per heavy atom. The number of hydrogen-bond acceptors (Lipinski definition) is 12. The molecule has 0 rings (SSSR count). The summed E-state index contributed by atoms with van der Waals surface area (Å²) in [7, 11) is -8.89. The fourth-order valence-electron chi connectivity index (χ4n) is 3.49. The fourth-order valence-corrected chi connectivity index (χ4v) is 12.0. The van der Waals surface area contributed by atoms with E-state index in [1.165, 1.54) is 6.92 Å². The zero-order valence-corrected chi connectivity index (χ0v) is 37.7. The van der Waals surface area contributed by atoms with Gasteiger partial charge in [0.25, 0.3) is 0 Å². The van der Waals surface area contributed by atoms with E-state index in [0.717, 1.165) is 25.3 Å². The minimum atomic E-state index is -5.84. The zero-order chi connectivity index (χ0) is 40.0. The van der Waals surface area contributed by atoms with E-state index in [4.69, 9.17) is 23.1 Å². The summed E-state index contributed by atoms with van der Waals surface area (Å²) in [5, 5.41) is -4.61.